The van der Waals surface area contributed by atoms with E-state index in [0.29, 0.717) is 0 Å². The van der Waals surface area contributed by atoms with Crippen LogP contribution in [0.2, 0.25) is 5.02 Å². The van der Waals surface area contributed by atoms with Crippen LogP contribution in [0, 0.1) is 0 Å². The number of fused-ring (bicyclic) bond motifs is 2. The first kappa shape index (κ1) is 13.7. The zero-order valence-electron chi connectivity index (χ0n) is 12.5. The standard InChI is InChI=1S/C19H17ClN2/c1-22-10-9-18-16(12-22)19(13-5-3-2-4-6-13)15-11-14(20)7-8-17(15)21-18/h2-8,11H,9-10,12H2,1H3. The van der Waals surface area contributed by atoms with Crippen molar-refractivity contribution in [2.75, 3.05) is 13.6 Å². The number of benzene rings is 2. The summed E-state index contributed by atoms with van der Waals surface area (Å²) in [5.74, 6) is 0. The number of halogens is 1. The summed E-state index contributed by atoms with van der Waals surface area (Å²) in [6.07, 6.45) is 1.00. The third kappa shape index (κ3) is 2.29. The summed E-state index contributed by atoms with van der Waals surface area (Å²) in [5, 5.41) is 1.91. The van der Waals surface area contributed by atoms with E-state index in [-0.39, 0.29) is 0 Å². The van der Waals surface area contributed by atoms with Crippen molar-refractivity contribution in [1.82, 2.24) is 9.88 Å². The van der Waals surface area contributed by atoms with Crippen LogP contribution in [0.25, 0.3) is 22.0 Å². The molecule has 0 bridgehead atoms. The molecule has 2 aromatic carbocycles. The van der Waals surface area contributed by atoms with Crippen LogP contribution < -0.4 is 0 Å². The lowest BCUT2D eigenvalue weighted by Crippen LogP contribution is -2.28. The number of nitrogens with zero attached hydrogens (tertiary/aromatic N) is 2. The Bertz CT molecular complexity index is 843. The number of likely N-dealkylation sites (N-methyl/N-ethyl adjacent to an activating group) is 1. The van der Waals surface area contributed by atoms with Gasteiger partial charge in [-0.3, -0.25) is 4.98 Å². The third-order valence-corrected chi connectivity index (χ3v) is 4.59. The lowest BCUT2D eigenvalue weighted by Gasteiger charge is -2.27. The van der Waals surface area contributed by atoms with Gasteiger partial charge < -0.3 is 4.90 Å². The van der Waals surface area contributed by atoms with E-state index in [1.807, 2.05) is 18.2 Å². The van der Waals surface area contributed by atoms with E-state index in [9.17, 15) is 0 Å². The van der Waals surface area contributed by atoms with Crippen molar-refractivity contribution in [3.05, 3.63) is 64.8 Å². The summed E-state index contributed by atoms with van der Waals surface area (Å²) in [4.78, 5) is 7.25. The van der Waals surface area contributed by atoms with Crippen molar-refractivity contribution in [2.24, 2.45) is 0 Å². The normalized spacial score (nSPS) is 15.0. The van der Waals surface area contributed by atoms with Crippen molar-refractivity contribution in [3.63, 3.8) is 0 Å². The summed E-state index contributed by atoms with van der Waals surface area (Å²) in [6, 6.07) is 16.6. The molecule has 0 radical (unpaired) electrons. The average molecular weight is 309 g/mol. The van der Waals surface area contributed by atoms with Gasteiger partial charge in [-0.05, 0) is 41.9 Å². The SMILES string of the molecule is CN1CCc2nc3ccc(Cl)cc3c(-c3ccccc3)c2C1. The number of hydrogen-bond donors (Lipinski definition) is 0. The minimum atomic E-state index is 0.760. The van der Waals surface area contributed by atoms with Gasteiger partial charge in [-0.1, -0.05) is 41.9 Å². The van der Waals surface area contributed by atoms with E-state index in [1.54, 1.807) is 0 Å². The highest BCUT2D eigenvalue weighted by molar-refractivity contribution is 6.31. The first-order chi connectivity index (χ1) is 10.7. The summed E-state index contributed by atoms with van der Waals surface area (Å²) in [7, 11) is 2.17. The van der Waals surface area contributed by atoms with Gasteiger partial charge in [0, 0.05) is 35.6 Å². The van der Waals surface area contributed by atoms with Crippen LogP contribution in [0.5, 0.6) is 0 Å². The summed E-state index contributed by atoms with van der Waals surface area (Å²) in [6.45, 7) is 2.00. The Kier molecular flexibility index (Phi) is 3.36. The van der Waals surface area contributed by atoms with Gasteiger partial charge in [0.1, 0.15) is 0 Å². The highest BCUT2D eigenvalue weighted by Crippen LogP contribution is 2.36. The monoisotopic (exact) mass is 308 g/mol. The molecule has 110 valence electrons. The predicted molar refractivity (Wildman–Crippen MR) is 92.2 cm³/mol. The fourth-order valence-corrected chi connectivity index (χ4v) is 3.46. The van der Waals surface area contributed by atoms with Crippen molar-refractivity contribution < 1.29 is 0 Å². The number of rotatable bonds is 1. The lowest BCUT2D eigenvalue weighted by molar-refractivity contribution is 0.311. The van der Waals surface area contributed by atoms with Crippen LogP contribution in [-0.4, -0.2) is 23.5 Å². The third-order valence-electron chi connectivity index (χ3n) is 4.35. The molecular formula is C19H17ClN2. The number of aromatic nitrogens is 1. The highest BCUT2D eigenvalue weighted by Gasteiger charge is 2.21. The zero-order valence-corrected chi connectivity index (χ0v) is 13.3. The van der Waals surface area contributed by atoms with Gasteiger partial charge in [-0.15, -0.1) is 0 Å². The highest BCUT2D eigenvalue weighted by atomic mass is 35.5. The van der Waals surface area contributed by atoms with E-state index in [4.69, 9.17) is 16.6 Å². The van der Waals surface area contributed by atoms with E-state index < -0.39 is 0 Å². The van der Waals surface area contributed by atoms with Crippen molar-refractivity contribution in [1.29, 1.82) is 0 Å². The summed E-state index contributed by atoms with van der Waals surface area (Å²) < 4.78 is 0. The first-order valence-corrected chi connectivity index (χ1v) is 7.95. The quantitative estimate of drug-likeness (QED) is 0.656. The molecule has 0 unspecified atom stereocenters. The number of pyridine rings is 1. The van der Waals surface area contributed by atoms with Gasteiger partial charge in [-0.2, -0.15) is 0 Å². The Hall–Kier alpha value is -1.90. The molecule has 2 heterocycles. The minimum Gasteiger partial charge on any atom is -0.302 e. The fraction of sp³-hybridized carbons (Fsp3) is 0.211. The maximum Gasteiger partial charge on any atom is 0.0712 e. The van der Waals surface area contributed by atoms with E-state index in [1.165, 1.54) is 22.4 Å². The van der Waals surface area contributed by atoms with Gasteiger partial charge in [0.2, 0.25) is 0 Å². The molecule has 0 spiro atoms. The molecule has 1 aliphatic rings. The van der Waals surface area contributed by atoms with Crippen molar-refractivity contribution in [2.45, 2.75) is 13.0 Å². The van der Waals surface area contributed by atoms with E-state index in [2.05, 4.69) is 42.3 Å². The molecule has 0 saturated heterocycles. The van der Waals surface area contributed by atoms with E-state index >= 15 is 0 Å². The lowest BCUT2D eigenvalue weighted by atomic mass is 9.91. The molecule has 1 aromatic heterocycles. The van der Waals surface area contributed by atoms with Crippen LogP contribution in [0.4, 0.5) is 0 Å². The molecular weight excluding hydrogens is 292 g/mol. The van der Waals surface area contributed by atoms with Crippen LogP contribution >= 0.6 is 11.6 Å². The molecule has 0 amide bonds. The fourth-order valence-electron chi connectivity index (χ4n) is 3.28. The van der Waals surface area contributed by atoms with Crippen LogP contribution in [-0.2, 0) is 13.0 Å². The molecule has 3 heteroatoms. The van der Waals surface area contributed by atoms with Gasteiger partial charge in [0.05, 0.1) is 5.52 Å². The number of hydrogen-bond acceptors (Lipinski definition) is 2. The smallest absolute Gasteiger partial charge is 0.0712 e. The maximum atomic E-state index is 6.25. The molecule has 1 aliphatic heterocycles. The maximum absolute atomic E-state index is 6.25. The summed E-state index contributed by atoms with van der Waals surface area (Å²) in [5.41, 5.74) is 6.13. The van der Waals surface area contributed by atoms with Crippen LogP contribution in [0.15, 0.2) is 48.5 Å². The molecule has 0 saturated carbocycles. The largest absolute Gasteiger partial charge is 0.302 e. The molecule has 3 aromatic rings. The Balaban J connectivity index is 2.09. The molecule has 4 rings (SSSR count). The Labute approximate surface area is 135 Å². The Morgan fingerprint density at radius 2 is 1.91 bits per heavy atom. The zero-order chi connectivity index (χ0) is 15.1. The first-order valence-electron chi connectivity index (χ1n) is 7.57. The predicted octanol–water partition coefficient (Wildman–Crippen LogP) is 4.54. The van der Waals surface area contributed by atoms with Gasteiger partial charge in [0.15, 0.2) is 0 Å². The van der Waals surface area contributed by atoms with Crippen molar-refractivity contribution in [3.8, 4) is 11.1 Å². The molecule has 2 nitrogen and oxygen atoms in total. The van der Waals surface area contributed by atoms with Gasteiger partial charge in [0.25, 0.3) is 0 Å². The van der Waals surface area contributed by atoms with Crippen LogP contribution in [0.3, 0.4) is 0 Å². The summed E-state index contributed by atoms with van der Waals surface area (Å²) >= 11 is 6.25. The Morgan fingerprint density at radius 1 is 1.09 bits per heavy atom. The second kappa shape index (κ2) is 5.38. The second-order valence-corrected chi connectivity index (χ2v) is 6.36. The molecule has 0 fully saturated rings. The van der Waals surface area contributed by atoms with Gasteiger partial charge in [-0.25, -0.2) is 0 Å². The molecule has 0 aliphatic carbocycles. The van der Waals surface area contributed by atoms with Crippen molar-refractivity contribution >= 4 is 22.5 Å². The van der Waals surface area contributed by atoms with Crippen LogP contribution in [0.1, 0.15) is 11.3 Å². The van der Waals surface area contributed by atoms with Gasteiger partial charge >= 0.3 is 0 Å². The van der Waals surface area contributed by atoms with E-state index in [0.717, 1.165) is 35.4 Å². The molecule has 22 heavy (non-hydrogen) atoms. The molecule has 0 atom stereocenters. The second-order valence-electron chi connectivity index (χ2n) is 5.93. The molecule has 0 N–H and O–H groups in total. The minimum absolute atomic E-state index is 0.760. The average Bonchev–Trinajstić information content (AvgIpc) is 2.54. The topological polar surface area (TPSA) is 16.1 Å². The Morgan fingerprint density at radius 3 is 2.73 bits per heavy atom.